The van der Waals surface area contributed by atoms with Crippen molar-refractivity contribution in [3.05, 3.63) is 27.7 Å². The molecule has 0 spiro atoms. The molecule has 1 aliphatic rings. The number of ether oxygens (including phenoxy) is 1. The smallest absolute Gasteiger partial charge is 0.0748 e. The number of hydrogen-bond acceptors (Lipinski definition) is 2. The van der Waals surface area contributed by atoms with E-state index in [2.05, 4.69) is 28.2 Å². The zero-order valence-corrected chi connectivity index (χ0v) is 10.8. The highest BCUT2D eigenvalue weighted by molar-refractivity contribution is 9.10. The number of halogens is 2. The van der Waals surface area contributed by atoms with Crippen molar-refractivity contribution in [1.82, 2.24) is 0 Å². The second kappa shape index (κ2) is 4.73. The first-order chi connectivity index (χ1) is 7.16. The van der Waals surface area contributed by atoms with Crippen molar-refractivity contribution in [3.8, 4) is 0 Å². The van der Waals surface area contributed by atoms with E-state index in [4.69, 9.17) is 16.3 Å². The topological polar surface area (TPSA) is 21.3 Å². The lowest BCUT2D eigenvalue weighted by molar-refractivity contribution is 0.121. The van der Waals surface area contributed by atoms with Gasteiger partial charge in [-0.2, -0.15) is 0 Å². The van der Waals surface area contributed by atoms with Gasteiger partial charge in [0.25, 0.3) is 0 Å². The predicted octanol–water partition coefficient (Wildman–Crippen LogP) is 3.69. The van der Waals surface area contributed by atoms with Crippen LogP contribution in [0.3, 0.4) is 0 Å². The summed E-state index contributed by atoms with van der Waals surface area (Å²) >= 11 is 9.33. The maximum atomic E-state index is 5.93. The van der Waals surface area contributed by atoms with Crippen molar-refractivity contribution in [1.29, 1.82) is 0 Å². The van der Waals surface area contributed by atoms with E-state index in [0.29, 0.717) is 6.04 Å². The first-order valence-corrected chi connectivity index (χ1v) is 6.17. The molecule has 1 aliphatic heterocycles. The van der Waals surface area contributed by atoms with Gasteiger partial charge in [-0.25, -0.2) is 0 Å². The van der Waals surface area contributed by atoms with Crippen LogP contribution in [0.15, 0.2) is 22.7 Å². The summed E-state index contributed by atoms with van der Waals surface area (Å²) in [6, 6.07) is 6.26. The average molecular weight is 291 g/mol. The normalized spacial score (nSPS) is 25.5. The average Bonchev–Trinajstić information content (AvgIpc) is 2.59. The summed E-state index contributed by atoms with van der Waals surface area (Å²) in [4.78, 5) is 0. The highest BCUT2D eigenvalue weighted by atomic mass is 79.9. The Balaban J connectivity index is 2.07. The van der Waals surface area contributed by atoms with Crippen LogP contribution in [0.2, 0.25) is 5.02 Å². The number of nitrogens with one attached hydrogen (secondary N) is 1. The molecular formula is C11H13BrClNO. The quantitative estimate of drug-likeness (QED) is 0.897. The molecule has 0 unspecified atom stereocenters. The van der Waals surface area contributed by atoms with Gasteiger partial charge in [-0.1, -0.05) is 11.6 Å². The summed E-state index contributed by atoms with van der Waals surface area (Å²) in [7, 11) is 0. The maximum absolute atomic E-state index is 5.93. The fourth-order valence-corrected chi connectivity index (χ4v) is 2.22. The second-order valence-electron chi connectivity index (χ2n) is 3.74. The summed E-state index contributed by atoms with van der Waals surface area (Å²) < 4.78 is 6.41. The van der Waals surface area contributed by atoms with Crippen molar-refractivity contribution in [2.24, 2.45) is 0 Å². The lowest BCUT2D eigenvalue weighted by Crippen LogP contribution is -2.26. The van der Waals surface area contributed by atoms with Crippen LogP contribution in [0.4, 0.5) is 5.69 Å². The van der Waals surface area contributed by atoms with E-state index in [1.54, 1.807) is 0 Å². The molecule has 2 nitrogen and oxygen atoms in total. The van der Waals surface area contributed by atoms with Crippen molar-refractivity contribution in [2.75, 3.05) is 11.9 Å². The Bertz CT molecular complexity index is 358. The van der Waals surface area contributed by atoms with Gasteiger partial charge in [0, 0.05) is 16.8 Å². The van der Waals surface area contributed by atoms with Crippen LogP contribution in [0.25, 0.3) is 0 Å². The molecule has 1 heterocycles. The molecule has 2 rings (SSSR count). The standard InChI is InChI=1S/C11H13BrClNO/c1-7-11(4-5-15-7)14-8-2-3-10(13)9(12)6-8/h2-3,6-7,11,14H,4-5H2,1H3/t7-,11-/m0/s1. The molecule has 0 aliphatic carbocycles. The maximum Gasteiger partial charge on any atom is 0.0748 e. The van der Waals surface area contributed by atoms with Gasteiger partial charge < -0.3 is 10.1 Å². The molecule has 4 heteroatoms. The molecule has 1 saturated heterocycles. The SMILES string of the molecule is C[C@@H]1OCC[C@@H]1Nc1ccc(Cl)c(Br)c1. The molecule has 1 fully saturated rings. The Morgan fingerprint density at radius 3 is 2.93 bits per heavy atom. The van der Waals surface area contributed by atoms with E-state index in [1.165, 1.54) is 0 Å². The van der Waals surface area contributed by atoms with Gasteiger partial charge in [0.2, 0.25) is 0 Å². The van der Waals surface area contributed by atoms with Crippen LogP contribution >= 0.6 is 27.5 Å². The molecule has 0 radical (unpaired) electrons. The Morgan fingerprint density at radius 2 is 2.33 bits per heavy atom. The molecule has 1 aromatic carbocycles. The fourth-order valence-electron chi connectivity index (χ4n) is 1.72. The van der Waals surface area contributed by atoms with Crippen molar-refractivity contribution < 1.29 is 4.74 Å². The van der Waals surface area contributed by atoms with Crippen LogP contribution in [0.5, 0.6) is 0 Å². The van der Waals surface area contributed by atoms with Crippen LogP contribution in [-0.2, 0) is 4.74 Å². The van der Waals surface area contributed by atoms with E-state index in [-0.39, 0.29) is 6.10 Å². The molecule has 15 heavy (non-hydrogen) atoms. The van der Waals surface area contributed by atoms with E-state index in [9.17, 15) is 0 Å². The zero-order valence-electron chi connectivity index (χ0n) is 8.47. The third-order valence-corrected chi connectivity index (χ3v) is 3.86. The third-order valence-electron chi connectivity index (χ3n) is 2.65. The second-order valence-corrected chi connectivity index (χ2v) is 5.01. The largest absolute Gasteiger partial charge is 0.380 e. The summed E-state index contributed by atoms with van der Waals surface area (Å²) in [5.41, 5.74) is 1.08. The van der Waals surface area contributed by atoms with Crippen LogP contribution in [0.1, 0.15) is 13.3 Å². The number of anilines is 1. The van der Waals surface area contributed by atoms with E-state index in [0.717, 1.165) is 28.2 Å². The van der Waals surface area contributed by atoms with Crippen molar-refractivity contribution in [2.45, 2.75) is 25.5 Å². The summed E-state index contributed by atoms with van der Waals surface area (Å²) in [6.07, 6.45) is 1.33. The van der Waals surface area contributed by atoms with Gasteiger partial charge in [-0.05, 0) is 47.5 Å². The van der Waals surface area contributed by atoms with E-state index < -0.39 is 0 Å². The van der Waals surface area contributed by atoms with Gasteiger partial charge in [0.1, 0.15) is 0 Å². The van der Waals surface area contributed by atoms with Crippen LogP contribution in [-0.4, -0.2) is 18.8 Å². The Morgan fingerprint density at radius 1 is 1.53 bits per heavy atom. The highest BCUT2D eigenvalue weighted by Crippen LogP contribution is 2.27. The molecule has 0 bridgehead atoms. The molecule has 2 atom stereocenters. The monoisotopic (exact) mass is 289 g/mol. The van der Waals surface area contributed by atoms with Crippen LogP contribution in [0, 0.1) is 0 Å². The number of benzene rings is 1. The van der Waals surface area contributed by atoms with Gasteiger partial charge in [-0.15, -0.1) is 0 Å². The third kappa shape index (κ3) is 2.65. The number of hydrogen-bond donors (Lipinski definition) is 1. The highest BCUT2D eigenvalue weighted by Gasteiger charge is 2.23. The van der Waals surface area contributed by atoms with Gasteiger partial charge in [0.05, 0.1) is 17.2 Å². The van der Waals surface area contributed by atoms with Gasteiger partial charge >= 0.3 is 0 Å². The Kier molecular flexibility index (Phi) is 3.54. The molecule has 82 valence electrons. The van der Waals surface area contributed by atoms with Crippen LogP contribution < -0.4 is 5.32 Å². The summed E-state index contributed by atoms with van der Waals surface area (Å²) in [6.45, 7) is 2.93. The van der Waals surface area contributed by atoms with Gasteiger partial charge in [0.15, 0.2) is 0 Å². The minimum absolute atomic E-state index is 0.277. The van der Waals surface area contributed by atoms with Crippen molar-refractivity contribution in [3.63, 3.8) is 0 Å². The summed E-state index contributed by atoms with van der Waals surface area (Å²) in [5, 5.41) is 4.18. The van der Waals surface area contributed by atoms with Gasteiger partial charge in [-0.3, -0.25) is 0 Å². The molecular weight excluding hydrogens is 277 g/mol. The fraction of sp³-hybridized carbons (Fsp3) is 0.455. The molecule has 0 aromatic heterocycles. The van der Waals surface area contributed by atoms with E-state index >= 15 is 0 Å². The lowest BCUT2D eigenvalue weighted by atomic mass is 10.1. The number of rotatable bonds is 2. The molecule has 1 N–H and O–H groups in total. The first kappa shape index (κ1) is 11.2. The minimum atomic E-state index is 0.277. The molecule has 1 aromatic rings. The molecule has 0 amide bonds. The first-order valence-electron chi connectivity index (χ1n) is 5.00. The minimum Gasteiger partial charge on any atom is -0.380 e. The van der Waals surface area contributed by atoms with Crippen molar-refractivity contribution >= 4 is 33.2 Å². The van der Waals surface area contributed by atoms with E-state index in [1.807, 2.05) is 18.2 Å². The predicted molar refractivity (Wildman–Crippen MR) is 66.6 cm³/mol. The summed E-state index contributed by atoms with van der Waals surface area (Å²) in [5.74, 6) is 0. The lowest BCUT2D eigenvalue weighted by Gasteiger charge is -2.17. The Hall–Kier alpha value is -0.250. The molecule has 0 saturated carbocycles. The zero-order chi connectivity index (χ0) is 10.8. The Labute approximate surface area is 103 Å².